The van der Waals surface area contributed by atoms with E-state index >= 15 is 0 Å². The summed E-state index contributed by atoms with van der Waals surface area (Å²) in [6, 6.07) is 9.27. The van der Waals surface area contributed by atoms with E-state index in [0.717, 1.165) is 0 Å². The van der Waals surface area contributed by atoms with Crippen molar-refractivity contribution in [2.75, 3.05) is 0 Å². The van der Waals surface area contributed by atoms with E-state index in [4.69, 9.17) is 16.3 Å². The number of rotatable bonds is 2. The first-order valence-corrected chi connectivity index (χ1v) is 3.24. The molecule has 1 nitrogen and oxygen atoms in total. The third-order valence-electron chi connectivity index (χ3n) is 0.972. The molecule has 0 aliphatic rings. The molecule has 0 unspecified atom stereocenters. The van der Waals surface area contributed by atoms with Gasteiger partial charge in [-0.15, -0.1) is 0 Å². The Balaban J connectivity index is 2.67. The van der Waals surface area contributed by atoms with Gasteiger partial charge in [0.25, 0.3) is 0 Å². The van der Waals surface area contributed by atoms with Crippen LogP contribution in [0, 0.1) is 0 Å². The van der Waals surface area contributed by atoms with Crippen molar-refractivity contribution >= 4 is 11.6 Å². The maximum absolute atomic E-state index is 5.40. The van der Waals surface area contributed by atoms with Crippen molar-refractivity contribution in [2.24, 2.45) is 0 Å². The minimum atomic E-state index is 0.186. The molecule has 2 heteroatoms. The Kier molecular flexibility index (Phi) is 2.35. The minimum Gasteiger partial charge on any atom is -0.446 e. The maximum Gasteiger partial charge on any atom is 0.186 e. The molecule has 0 saturated heterocycles. The van der Waals surface area contributed by atoms with Crippen LogP contribution >= 0.6 is 11.6 Å². The lowest BCUT2D eigenvalue weighted by Gasteiger charge is -1.99. The average Bonchev–Trinajstić information content (AvgIpc) is 1.88. The molecule has 52 valence electrons. The maximum atomic E-state index is 5.40. The minimum absolute atomic E-state index is 0.186. The molecular weight excluding hydrogens is 148 g/mol. The molecule has 0 fully saturated rings. The van der Waals surface area contributed by atoms with Crippen LogP contribution < -0.4 is 4.74 Å². The number of hydrogen-bond donors (Lipinski definition) is 0. The van der Waals surface area contributed by atoms with E-state index in [-0.39, 0.29) is 5.22 Å². The van der Waals surface area contributed by atoms with E-state index in [9.17, 15) is 0 Å². The van der Waals surface area contributed by atoms with Gasteiger partial charge < -0.3 is 4.74 Å². The van der Waals surface area contributed by atoms with Crippen molar-refractivity contribution in [1.82, 2.24) is 0 Å². The number of benzene rings is 1. The fraction of sp³-hybridized carbons (Fsp3) is 0. The summed E-state index contributed by atoms with van der Waals surface area (Å²) in [6.45, 7) is 3.39. The Labute approximate surface area is 64.9 Å². The number of hydrogen-bond acceptors (Lipinski definition) is 1. The molecule has 0 bridgehead atoms. The summed E-state index contributed by atoms with van der Waals surface area (Å²) >= 11 is 5.40. The lowest BCUT2D eigenvalue weighted by Crippen LogP contribution is -1.84. The van der Waals surface area contributed by atoms with Crippen molar-refractivity contribution in [2.45, 2.75) is 0 Å². The summed E-state index contributed by atoms with van der Waals surface area (Å²) in [5.41, 5.74) is 0. The predicted octanol–water partition coefficient (Wildman–Crippen LogP) is 2.78. The topological polar surface area (TPSA) is 9.23 Å². The third-order valence-corrected chi connectivity index (χ3v) is 1.05. The number of ether oxygens (including phenoxy) is 1. The van der Waals surface area contributed by atoms with Crippen LogP contribution in [0.2, 0.25) is 0 Å². The van der Waals surface area contributed by atoms with Gasteiger partial charge in [-0.05, 0) is 30.3 Å². The number of para-hydroxylation sites is 1. The molecule has 0 saturated carbocycles. The monoisotopic (exact) mass is 154 g/mol. The van der Waals surface area contributed by atoms with Crippen LogP contribution in [0.25, 0.3) is 0 Å². The van der Waals surface area contributed by atoms with Gasteiger partial charge >= 0.3 is 0 Å². The second kappa shape index (κ2) is 3.28. The van der Waals surface area contributed by atoms with E-state index in [1.165, 1.54) is 0 Å². The molecule has 0 aromatic heterocycles. The fourth-order valence-electron chi connectivity index (χ4n) is 0.616. The molecule has 1 aromatic rings. The van der Waals surface area contributed by atoms with E-state index in [0.29, 0.717) is 5.75 Å². The van der Waals surface area contributed by atoms with Gasteiger partial charge in [-0.2, -0.15) is 0 Å². The second-order valence-corrected chi connectivity index (χ2v) is 2.19. The van der Waals surface area contributed by atoms with Crippen LogP contribution in [0.3, 0.4) is 0 Å². The molecule has 0 amide bonds. The largest absolute Gasteiger partial charge is 0.446 e. The number of halogens is 1. The standard InChI is InChI=1S/C8H7ClO/c1-7(9)10-8-5-3-2-4-6-8/h2-6H,1H2. The van der Waals surface area contributed by atoms with Gasteiger partial charge in [0.05, 0.1) is 0 Å². The first kappa shape index (κ1) is 7.16. The Morgan fingerprint density at radius 1 is 1.30 bits per heavy atom. The summed E-state index contributed by atoms with van der Waals surface area (Å²) in [6.07, 6.45) is 0. The smallest absolute Gasteiger partial charge is 0.186 e. The van der Waals surface area contributed by atoms with Gasteiger partial charge in [0.15, 0.2) is 5.22 Å². The molecule has 0 atom stereocenters. The zero-order chi connectivity index (χ0) is 7.40. The first-order chi connectivity index (χ1) is 4.79. The van der Waals surface area contributed by atoms with Crippen molar-refractivity contribution in [3.63, 3.8) is 0 Å². The van der Waals surface area contributed by atoms with E-state index in [1.807, 2.05) is 30.3 Å². The zero-order valence-corrected chi connectivity index (χ0v) is 6.14. The first-order valence-electron chi connectivity index (χ1n) is 2.86. The van der Waals surface area contributed by atoms with Crippen LogP contribution in [0.4, 0.5) is 0 Å². The van der Waals surface area contributed by atoms with Gasteiger partial charge in [0.2, 0.25) is 0 Å². The molecule has 1 rings (SSSR count). The SMILES string of the molecule is C=C(Cl)Oc1ccccc1. The lowest BCUT2D eigenvalue weighted by molar-refractivity contribution is 0.465. The Bertz CT molecular complexity index is 218. The van der Waals surface area contributed by atoms with Crippen molar-refractivity contribution in [3.8, 4) is 5.75 Å². The van der Waals surface area contributed by atoms with Gasteiger partial charge in [0, 0.05) is 0 Å². The zero-order valence-electron chi connectivity index (χ0n) is 5.38. The molecule has 1 aromatic carbocycles. The van der Waals surface area contributed by atoms with Crippen LogP contribution in [0.15, 0.2) is 42.1 Å². The summed E-state index contributed by atoms with van der Waals surface area (Å²) < 4.78 is 4.99. The predicted molar refractivity (Wildman–Crippen MR) is 42.1 cm³/mol. The molecule has 0 heterocycles. The summed E-state index contributed by atoms with van der Waals surface area (Å²) in [7, 11) is 0. The van der Waals surface area contributed by atoms with E-state index < -0.39 is 0 Å². The van der Waals surface area contributed by atoms with Crippen LogP contribution in [0.5, 0.6) is 5.75 Å². The summed E-state index contributed by atoms with van der Waals surface area (Å²) in [5, 5.41) is 0.186. The fourth-order valence-corrected chi connectivity index (χ4v) is 0.706. The molecule has 0 aliphatic carbocycles. The van der Waals surface area contributed by atoms with Gasteiger partial charge in [-0.25, -0.2) is 0 Å². The van der Waals surface area contributed by atoms with E-state index in [1.54, 1.807) is 0 Å². The highest BCUT2D eigenvalue weighted by Gasteiger charge is 1.89. The quantitative estimate of drug-likeness (QED) is 0.596. The molecule has 0 aliphatic heterocycles. The van der Waals surface area contributed by atoms with Crippen LogP contribution in [-0.2, 0) is 0 Å². The molecule has 0 spiro atoms. The van der Waals surface area contributed by atoms with Crippen molar-refractivity contribution in [1.29, 1.82) is 0 Å². The summed E-state index contributed by atoms with van der Waals surface area (Å²) in [4.78, 5) is 0. The van der Waals surface area contributed by atoms with Crippen LogP contribution in [0.1, 0.15) is 0 Å². The highest BCUT2D eigenvalue weighted by atomic mass is 35.5. The van der Waals surface area contributed by atoms with Crippen LogP contribution in [-0.4, -0.2) is 0 Å². The lowest BCUT2D eigenvalue weighted by atomic mass is 10.3. The highest BCUT2D eigenvalue weighted by molar-refractivity contribution is 6.28. The van der Waals surface area contributed by atoms with Gasteiger partial charge in [-0.3, -0.25) is 0 Å². The van der Waals surface area contributed by atoms with Gasteiger partial charge in [0.1, 0.15) is 5.75 Å². The highest BCUT2D eigenvalue weighted by Crippen LogP contribution is 2.12. The van der Waals surface area contributed by atoms with E-state index in [2.05, 4.69) is 6.58 Å². The Morgan fingerprint density at radius 3 is 2.40 bits per heavy atom. The average molecular weight is 155 g/mol. The molecular formula is C8H7ClO. The molecule has 10 heavy (non-hydrogen) atoms. The normalized spacial score (nSPS) is 8.90. The third kappa shape index (κ3) is 2.11. The Hall–Kier alpha value is -0.950. The van der Waals surface area contributed by atoms with Crippen molar-refractivity contribution < 1.29 is 4.74 Å². The van der Waals surface area contributed by atoms with Gasteiger partial charge in [-0.1, -0.05) is 18.2 Å². The van der Waals surface area contributed by atoms with Crippen molar-refractivity contribution in [3.05, 3.63) is 42.1 Å². The second-order valence-electron chi connectivity index (χ2n) is 1.77. The Morgan fingerprint density at radius 2 is 1.90 bits per heavy atom. The molecule has 0 radical (unpaired) electrons. The summed E-state index contributed by atoms with van der Waals surface area (Å²) in [5.74, 6) is 0.711. The molecule has 0 N–H and O–H groups in total.